The topological polar surface area (TPSA) is 140 Å². The van der Waals surface area contributed by atoms with Gasteiger partial charge >= 0.3 is 18.2 Å². The third-order valence-electron chi connectivity index (χ3n) is 2.78. The van der Waals surface area contributed by atoms with Crippen LogP contribution in [-0.4, -0.2) is 53.2 Å². The minimum absolute atomic E-state index is 0.0329. The summed E-state index contributed by atoms with van der Waals surface area (Å²) in [6.45, 7) is 10.2. The molecule has 0 saturated carbocycles. The van der Waals surface area contributed by atoms with Crippen LogP contribution in [0.25, 0.3) is 0 Å². The van der Waals surface area contributed by atoms with E-state index in [0.29, 0.717) is 0 Å². The van der Waals surface area contributed by atoms with Crippen molar-refractivity contribution in [3.05, 3.63) is 12.2 Å². The fourth-order valence-electron chi connectivity index (χ4n) is 1.78. The maximum Gasteiger partial charge on any atom is 0.410 e. The Hall–Kier alpha value is -2.78. The molecule has 0 bridgehead atoms. The minimum Gasteiger partial charge on any atom is -0.480 e. The molecule has 10 heteroatoms. The second kappa shape index (κ2) is 11.2. The highest BCUT2D eigenvalue weighted by molar-refractivity contribution is 5.80. The van der Waals surface area contributed by atoms with Crippen LogP contribution in [-0.2, 0) is 23.8 Å². The lowest BCUT2D eigenvalue weighted by molar-refractivity contribution is -0.139. The van der Waals surface area contributed by atoms with E-state index < -0.39 is 41.6 Å². The largest absolute Gasteiger partial charge is 0.480 e. The molecule has 0 aliphatic rings. The van der Waals surface area contributed by atoms with Crippen molar-refractivity contribution >= 4 is 24.6 Å². The van der Waals surface area contributed by atoms with Crippen LogP contribution in [0.5, 0.6) is 0 Å². The summed E-state index contributed by atoms with van der Waals surface area (Å²) in [5, 5.41) is 13.8. The summed E-state index contributed by atoms with van der Waals surface area (Å²) >= 11 is 0. The molecule has 0 aliphatic heterocycles. The lowest BCUT2D eigenvalue weighted by atomic mass is 10.2. The van der Waals surface area contributed by atoms with Gasteiger partial charge in [0.05, 0.1) is 0 Å². The number of carbonyl (C=O) groups is 4. The molecule has 0 aliphatic carbocycles. The van der Waals surface area contributed by atoms with Gasteiger partial charge in [-0.25, -0.2) is 14.4 Å². The van der Waals surface area contributed by atoms with Crippen molar-refractivity contribution in [3.8, 4) is 0 Å². The summed E-state index contributed by atoms with van der Waals surface area (Å²) in [5.74, 6) is -1.23. The first kappa shape index (κ1) is 25.2. The van der Waals surface area contributed by atoms with Gasteiger partial charge in [0.2, 0.25) is 0 Å². The minimum atomic E-state index is -1.23. The van der Waals surface area contributed by atoms with E-state index in [1.54, 1.807) is 41.5 Å². The average molecular weight is 402 g/mol. The lowest BCUT2D eigenvalue weighted by Crippen LogP contribution is -2.43. The van der Waals surface area contributed by atoms with E-state index in [4.69, 9.17) is 14.2 Å². The van der Waals surface area contributed by atoms with Crippen molar-refractivity contribution in [2.45, 2.75) is 77.9 Å². The highest BCUT2D eigenvalue weighted by atomic mass is 16.6. The average Bonchev–Trinajstić information content (AvgIpc) is 2.46. The molecule has 0 spiro atoms. The van der Waals surface area contributed by atoms with Gasteiger partial charge in [0.1, 0.15) is 17.2 Å². The summed E-state index contributed by atoms with van der Waals surface area (Å²) in [4.78, 5) is 45.2. The van der Waals surface area contributed by atoms with Crippen LogP contribution in [0.2, 0.25) is 0 Å². The second-order valence-corrected chi connectivity index (χ2v) is 7.85. The smallest absolute Gasteiger partial charge is 0.410 e. The number of rotatable bonds is 9. The number of nitrogens with one attached hydrogen (secondary N) is 2. The standard InChI is InChI=1S/C18H30N2O8/c1-17(2,3)27-15(24)19-12(14(22)23)9-7-8-10-13(26-11-21)20-16(25)28-18(4,5)6/h7-8,11-13H,9-10H2,1-6H3,(H,19,24)(H,20,25)(H,22,23)/b8-7+/t12-,13+/m0/s1. The highest BCUT2D eigenvalue weighted by Crippen LogP contribution is 2.09. The van der Waals surface area contributed by atoms with Crippen LogP contribution in [0, 0.1) is 0 Å². The Balaban J connectivity index is 4.66. The van der Waals surface area contributed by atoms with Gasteiger partial charge in [-0.3, -0.25) is 10.1 Å². The molecular weight excluding hydrogens is 372 g/mol. The number of carboxylic acids is 1. The zero-order valence-electron chi connectivity index (χ0n) is 17.1. The second-order valence-electron chi connectivity index (χ2n) is 7.85. The van der Waals surface area contributed by atoms with Gasteiger partial charge in [-0.2, -0.15) is 0 Å². The molecular formula is C18H30N2O8. The maximum absolute atomic E-state index is 11.7. The maximum atomic E-state index is 11.7. The molecule has 0 aromatic carbocycles. The number of ether oxygens (including phenoxy) is 3. The Morgan fingerprint density at radius 2 is 1.36 bits per heavy atom. The van der Waals surface area contributed by atoms with Gasteiger partial charge in [0.15, 0.2) is 6.23 Å². The van der Waals surface area contributed by atoms with E-state index in [0.717, 1.165) is 0 Å². The van der Waals surface area contributed by atoms with Gasteiger partial charge in [-0.05, 0) is 48.0 Å². The van der Waals surface area contributed by atoms with E-state index in [9.17, 15) is 24.3 Å². The Labute approximate surface area is 164 Å². The number of alkyl carbamates (subject to hydrolysis) is 2. The molecule has 2 atom stereocenters. The van der Waals surface area contributed by atoms with E-state index in [-0.39, 0.29) is 19.3 Å². The van der Waals surface area contributed by atoms with Gasteiger partial charge in [-0.15, -0.1) is 0 Å². The molecule has 0 radical (unpaired) electrons. The number of hydrogen-bond donors (Lipinski definition) is 3. The van der Waals surface area contributed by atoms with Crippen molar-refractivity contribution in [1.82, 2.24) is 10.6 Å². The summed E-state index contributed by atoms with van der Waals surface area (Å²) in [6, 6.07) is -1.20. The third-order valence-corrected chi connectivity index (χ3v) is 2.78. The first-order valence-electron chi connectivity index (χ1n) is 8.69. The Morgan fingerprint density at radius 3 is 1.79 bits per heavy atom. The number of aliphatic carboxylic acids is 1. The molecule has 0 saturated heterocycles. The van der Waals surface area contributed by atoms with Gasteiger partial charge in [0.25, 0.3) is 6.47 Å². The molecule has 0 unspecified atom stereocenters. The van der Waals surface area contributed by atoms with E-state index in [2.05, 4.69) is 10.6 Å². The number of amides is 2. The zero-order chi connectivity index (χ0) is 22.0. The number of hydrogen-bond acceptors (Lipinski definition) is 7. The van der Waals surface area contributed by atoms with Crippen LogP contribution in [0.3, 0.4) is 0 Å². The predicted octanol–water partition coefficient (Wildman–Crippen LogP) is 2.32. The molecule has 0 fully saturated rings. The van der Waals surface area contributed by atoms with Crippen molar-refractivity contribution < 1.29 is 38.5 Å². The highest BCUT2D eigenvalue weighted by Gasteiger charge is 2.23. The van der Waals surface area contributed by atoms with Crippen molar-refractivity contribution in [2.75, 3.05) is 0 Å². The molecule has 2 amide bonds. The summed E-state index contributed by atoms with van der Waals surface area (Å²) in [6.07, 6.45) is 0.452. The molecule has 160 valence electrons. The zero-order valence-corrected chi connectivity index (χ0v) is 17.1. The number of carbonyl (C=O) groups excluding carboxylic acids is 3. The van der Waals surface area contributed by atoms with Gasteiger partial charge in [0, 0.05) is 6.42 Å². The fourth-order valence-corrected chi connectivity index (χ4v) is 1.78. The summed E-state index contributed by atoms with van der Waals surface area (Å²) < 4.78 is 14.8. The first-order valence-corrected chi connectivity index (χ1v) is 8.69. The van der Waals surface area contributed by atoms with E-state index >= 15 is 0 Å². The van der Waals surface area contributed by atoms with E-state index in [1.165, 1.54) is 12.2 Å². The van der Waals surface area contributed by atoms with Crippen molar-refractivity contribution in [1.29, 1.82) is 0 Å². The molecule has 3 N–H and O–H groups in total. The molecule has 10 nitrogen and oxygen atoms in total. The fraction of sp³-hybridized carbons (Fsp3) is 0.667. The monoisotopic (exact) mass is 402 g/mol. The van der Waals surface area contributed by atoms with Crippen LogP contribution < -0.4 is 10.6 Å². The van der Waals surface area contributed by atoms with Crippen molar-refractivity contribution in [2.24, 2.45) is 0 Å². The van der Waals surface area contributed by atoms with Crippen LogP contribution in [0.15, 0.2) is 12.2 Å². The molecule has 0 heterocycles. The Bertz CT molecular complexity index is 575. The molecule has 0 aromatic rings. The van der Waals surface area contributed by atoms with Gasteiger partial charge < -0.3 is 24.6 Å². The van der Waals surface area contributed by atoms with Crippen LogP contribution >= 0.6 is 0 Å². The quantitative estimate of drug-likeness (QED) is 0.231. The lowest BCUT2D eigenvalue weighted by Gasteiger charge is -2.22. The van der Waals surface area contributed by atoms with Crippen LogP contribution in [0.1, 0.15) is 54.4 Å². The Kier molecular flexibility index (Phi) is 10.0. The molecule has 0 aromatic heterocycles. The predicted molar refractivity (Wildman–Crippen MR) is 99.5 cm³/mol. The summed E-state index contributed by atoms with van der Waals surface area (Å²) in [5.41, 5.74) is -1.47. The number of carboxylic acid groups (broad SMARTS) is 1. The first-order chi connectivity index (χ1) is 12.7. The summed E-state index contributed by atoms with van der Waals surface area (Å²) in [7, 11) is 0. The third kappa shape index (κ3) is 13.4. The molecule has 28 heavy (non-hydrogen) atoms. The SMILES string of the molecule is CC(C)(C)OC(=O)N[C@@H](C/C=C/C[C@H](NC(=O)OC(C)(C)C)C(=O)O)OC=O. The van der Waals surface area contributed by atoms with Crippen LogP contribution in [0.4, 0.5) is 9.59 Å². The molecule has 0 rings (SSSR count). The van der Waals surface area contributed by atoms with Crippen molar-refractivity contribution in [3.63, 3.8) is 0 Å². The normalized spacial score (nSPS) is 13.9. The van der Waals surface area contributed by atoms with E-state index in [1.807, 2.05) is 0 Å². The Morgan fingerprint density at radius 1 is 0.893 bits per heavy atom. The van der Waals surface area contributed by atoms with Gasteiger partial charge in [-0.1, -0.05) is 12.2 Å².